The first-order valence-electron chi connectivity index (χ1n) is 5.32. The summed E-state index contributed by atoms with van der Waals surface area (Å²) in [6, 6.07) is 10.2. The highest BCUT2D eigenvalue weighted by Gasteiger charge is 2.08. The SMILES string of the molecule is O=C(C#Cc1ccccc1)Nc1cc(C(=O)O)[nH]n1. The molecule has 94 valence electrons. The molecule has 1 aromatic carbocycles. The number of hydrogen-bond acceptors (Lipinski definition) is 3. The Kier molecular flexibility index (Phi) is 3.59. The van der Waals surface area contributed by atoms with Crippen LogP contribution in [0, 0.1) is 11.8 Å². The number of anilines is 1. The third-order valence-corrected chi connectivity index (χ3v) is 2.14. The zero-order valence-corrected chi connectivity index (χ0v) is 9.68. The highest BCUT2D eigenvalue weighted by atomic mass is 16.4. The van der Waals surface area contributed by atoms with Gasteiger partial charge in [-0.2, -0.15) is 5.10 Å². The van der Waals surface area contributed by atoms with Crippen LogP contribution in [0.25, 0.3) is 0 Å². The minimum atomic E-state index is -1.15. The predicted molar refractivity (Wildman–Crippen MR) is 67.5 cm³/mol. The van der Waals surface area contributed by atoms with Gasteiger partial charge >= 0.3 is 11.9 Å². The van der Waals surface area contributed by atoms with Gasteiger partial charge in [-0.15, -0.1) is 0 Å². The first-order chi connectivity index (χ1) is 9.15. The van der Waals surface area contributed by atoms with Gasteiger partial charge in [-0.25, -0.2) is 4.79 Å². The Labute approximate surface area is 108 Å². The molecule has 2 rings (SSSR count). The summed E-state index contributed by atoms with van der Waals surface area (Å²) >= 11 is 0. The molecular weight excluding hydrogens is 246 g/mol. The Balaban J connectivity index is 2.02. The summed E-state index contributed by atoms with van der Waals surface area (Å²) < 4.78 is 0. The summed E-state index contributed by atoms with van der Waals surface area (Å²) in [5.74, 6) is 3.47. The predicted octanol–water partition coefficient (Wildman–Crippen LogP) is 1.10. The smallest absolute Gasteiger partial charge is 0.353 e. The molecule has 0 saturated carbocycles. The number of H-pyrrole nitrogens is 1. The fourth-order valence-electron chi connectivity index (χ4n) is 1.29. The van der Waals surface area contributed by atoms with E-state index in [0.717, 1.165) is 0 Å². The van der Waals surface area contributed by atoms with E-state index in [9.17, 15) is 9.59 Å². The van der Waals surface area contributed by atoms with E-state index in [0.29, 0.717) is 5.56 Å². The lowest BCUT2D eigenvalue weighted by atomic mass is 10.2. The van der Waals surface area contributed by atoms with Crippen molar-refractivity contribution < 1.29 is 14.7 Å². The third kappa shape index (κ3) is 3.44. The van der Waals surface area contributed by atoms with Crippen molar-refractivity contribution in [3.8, 4) is 11.8 Å². The van der Waals surface area contributed by atoms with Crippen molar-refractivity contribution in [2.45, 2.75) is 0 Å². The monoisotopic (exact) mass is 255 g/mol. The van der Waals surface area contributed by atoms with E-state index >= 15 is 0 Å². The Morgan fingerprint density at radius 1 is 1.26 bits per heavy atom. The number of benzene rings is 1. The lowest BCUT2D eigenvalue weighted by Gasteiger charge is -1.92. The molecule has 1 amide bonds. The minimum absolute atomic E-state index is 0.105. The summed E-state index contributed by atoms with van der Waals surface area (Å²) in [5.41, 5.74) is 0.609. The standard InChI is InChI=1S/C13H9N3O3/c17-12(7-6-9-4-2-1-3-5-9)14-11-8-10(13(18)19)15-16-11/h1-5,8H,(H,18,19)(H2,14,15,16,17). The number of nitrogens with one attached hydrogen (secondary N) is 2. The largest absolute Gasteiger partial charge is 0.477 e. The van der Waals surface area contributed by atoms with Gasteiger partial charge in [0.05, 0.1) is 0 Å². The number of nitrogens with zero attached hydrogens (tertiary/aromatic N) is 1. The van der Waals surface area contributed by atoms with E-state index in [1.165, 1.54) is 6.07 Å². The molecule has 2 aromatic rings. The highest BCUT2D eigenvalue weighted by Crippen LogP contribution is 2.04. The second-order valence-electron chi connectivity index (χ2n) is 3.54. The van der Waals surface area contributed by atoms with Gasteiger partial charge in [0.15, 0.2) is 5.82 Å². The van der Waals surface area contributed by atoms with Crippen molar-refractivity contribution in [3.05, 3.63) is 47.7 Å². The molecule has 0 spiro atoms. The molecule has 0 unspecified atom stereocenters. The Bertz CT molecular complexity index is 665. The van der Waals surface area contributed by atoms with Gasteiger partial charge in [-0.3, -0.25) is 15.2 Å². The van der Waals surface area contributed by atoms with Crippen molar-refractivity contribution in [1.82, 2.24) is 10.2 Å². The first kappa shape index (κ1) is 12.4. The molecule has 0 bridgehead atoms. The number of carbonyl (C=O) groups is 2. The van der Waals surface area contributed by atoms with Crippen LogP contribution >= 0.6 is 0 Å². The van der Waals surface area contributed by atoms with Crippen LogP contribution in [-0.2, 0) is 4.79 Å². The van der Waals surface area contributed by atoms with Crippen LogP contribution < -0.4 is 5.32 Å². The summed E-state index contributed by atoms with van der Waals surface area (Å²) in [4.78, 5) is 22.1. The van der Waals surface area contributed by atoms with E-state index in [-0.39, 0.29) is 11.5 Å². The fourth-order valence-corrected chi connectivity index (χ4v) is 1.29. The van der Waals surface area contributed by atoms with Crippen molar-refractivity contribution in [1.29, 1.82) is 0 Å². The van der Waals surface area contributed by atoms with Gasteiger partial charge in [0, 0.05) is 17.6 Å². The van der Waals surface area contributed by atoms with Gasteiger partial charge in [0.2, 0.25) is 0 Å². The number of aromatic amines is 1. The van der Waals surface area contributed by atoms with Crippen LogP contribution in [-0.4, -0.2) is 27.2 Å². The van der Waals surface area contributed by atoms with Crippen LogP contribution in [0.15, 0.2) is 36.4 Å². The number of carboxylic acid groups (broad SMARTS) is 1. The van der Waals surface area contributed by atoms with Crippen LogP contribution in [0.1, 0.15) is 16.1 Å². The minimum Gasteiger partial charge on any atom is -0.477 e. The second-order valence-corrected chi connectivity index (χ2v) is 3.54. The Morgan fingerprint density at radius 3 is 2.63 bits per heavy atom. The van der Waals surface area contributed by atoms with E-state index in [1.54, 1.807) is 12.1 Å². The Morgan fingerprint density at radius 2 is 2.00 bits per heavy atom. The molecule has 0 fully saturated rings. The van der Waals surface area contributed by atoms with Crippen LogP contribution in [0.4, 0.5) is 5.82 Å². The van der Waals surface area contributed by atoms with Gasteiger partial charge in [0.25, 0.3) is 0 Å². The number of amides is 1. The normalized spacial score (nSPS) is 9.26. The second kappa shape index (κ2) is 5.51. The molecule has 0 aliphatic carbocycles. The molecule has 1 aromatic heterocycles. The molecule has 0 aliphatic rings. The van der Waals surface area contributed by atoms with Gasteiger partial charge in [-0.1, -0.05) is 24.1 Å². The number of aromatic nitrogens is 2. The Hall–Kier alpha value is -3.07. The molecule has 3 N–H and O–H groups in total. The van der Waals surface area contributed by atoms with Crippen molar-refractivity contribution in [3.63, 3.8) is 0 Å². The summed E-state index contributed by atoms with van der Waals surface area (Å²) in [6.45, 7) is 0. The van der Waals surface area contributed by atoms with Crippen LogP contribution in [0.2, 0.25) is 0 Å². The molecule has 1 heterocycles. The molecule has 6 nitrogen and oxygen atoms in total. The quantitative estimate of drug-likeness (QED) is 0.700. The molecule has 19 heavy (non-hydrogen) atoms. The molecule has 0 radical (unpaired) electrons. The summed E-state index contributed by atoms with van der Waals surface area (Å²) in [7, 11) is 0. The van der Waals surface area contributed by atoms with E-state index in [1.807, 2.05) is 18.2 Å². The maximum Gasteiger partial charge on any atom is 0.353 e. The number of rotatable bonds is 2. The number of carboxylic acids is 1. The van der Waals surface area contributed by atoms with Crippen LogP contribution in [0.5, 0.6) is 0 Å². The van der Waals surface area contributed by atoms with Crippen LogP contribution in [0.3, 0.4) is 0 Å². The van der Waals surface area contributed by atoms with Gasteiger partial charge in [0.1, 0.15) is 5.69 Å². The zero-order valence-electron chi connectivity index (χ0n) is 9.68. The fraction of sp³-hybridized carbons (Fsp3) is 0. The molecule has 6 heteroatoms. The van der Waals surface area contributed by atoms with Crippen molar-refractivity contribution >= 4 is 17.7 Å². The summed E-state index contributed by atoms with van der Waals surface area (Å²) in [5, 5.41) is 16.9. The average Bonchev–Trinajstić information content (AvgIpc) is 2.86. The number of aromatic carboxylic acids is 1. The van der Waals surface area contributed by atoms with Gasteiger partial charge in [-0.05, 0) is 12.1 Å². The van der Waals surface area contributed by atoms with Crippen molar-refractivity contribution in [2.75, 3.05) is 5.32 Å². The topological polar surface area (TPSA) is 95.1 Å². The lowest BCUT2D eigenvalue weighted by molar-refractivity contribution is -0.111. The third-order valence-electron chi connectivity index (χ3n) is 2.14. The number of hydrogen-bond donors (Lipinski definition) is 3. The molecule has 0 aliphatic heterocycles. The number of carbonyl (C=O) groups excluding carboxylic acids is 1. The first-order valence-corrected chi connectivity index (χ1v) is 5.32. The van der Waals surface area contributed by atoms with E-state index in [4.69, 9.17) is 5.11 Å². The lowest BCUT2D eigenvalue weighted by Crippen LogP contribution is -2.08. The van der Waals surface area contributed by atoms with Gasteiger partial charge < -0.3 is 5.11 Å². The highest BCUT2D eigenvalue weighted by molar-refractivity contribution is 6.04. The van der Waals surface area contributed by atoms with Crippen molar-refractivity contribution in [2.24, 2.45) is 0 Å². The molecule has 0 saturated heterocycles. The maximum absolute atomic E-state index is 11.5. The zero-order chi connectivity index (χ0) is 13.7. The summed E-state index contributed by atoms with van der Waals surface area (Å²) in [6.07, 6.45) is 0. The maximum atomic E-state index is 11.5. The molecule has 0 atom stereocenters. The average molecular weight is 255 g/mol. The van der Waals surface area contributed by atoms with E-state index < -0.39 is 11.9 Å². The van der Waals surface area contributed by atoms with E-state index in [2.05, 4.69) is 27.4 Å². The molecular formula is C13H9N3O3.